The second kappa shape index (κ2) is 12.3. The maximum Gasteiger partial charge on any atom is 0.243 e. The summed E-state index contributed by atoms with van der Waals surface area (Å²) in [6.07, 6.45) is 1.31. The third kappa shape index (κ3) is 9.08. The number of thioether (sulfide) groups is 1. The van der Waals surface area contributed by atoms with Gasteiger partial charge in [0.2, 0.25) is 11.8 Å². The van der Waals surface area contributed by atoms with E-state index in [0.29, 0.717) is 18.7 Å². The van der Waals surface area contributed by atoms with Crippen LogP contribution in [0.25, 0.3) is 0 Å². The molecular weight excluding hydrogens is 472 g/mol. The minimum absolute atomic E-state index is 0.00829. The normalized spacial score (nSPS) is 12.3. The van der Waals surface area contributed by atoms with Gasteiger partial charge in [-0.15, -0.1) is 11.8 Å². The zero-order valence-electron chi connectivity index (χ0n) is 18.9. The Labute approximate surface area is 199 Å². The molecule has 0 heterocycles. The predicted octanol–water partition coefficient (Wildman–Crippen LogP) is 5.45. The average Bonchev–Trinajstić information content (AvgIpc) is 2.71. The largest absolute Gasteiger partial charge is 0.350 e. The second-order valence-corrected chi connectivity index (χ2v) is 10.5. The summed E-state index contributed by atoms with van der Waals surface area (Å²) in [5.41, 5.74) is 2.00. The highest BCUT2D eigenvalue weighted by Crippen LogP contribution is 2.18. The fourth-order valence-corrected chi connectivity index (χ4v) is 4.40. The van der Waals surface area contributed by atoms with Crippen molar-refractivity contribution in [3.63, 3.8) is 0 Å². The molecule has 0 aliphatic carbocycles. The van der Waals surface area contributed by atoms with E-state index in [1.54, 1.807) is 16.7 Å². The van der Waals surface area contributed by atoms with Crippen molar-refractivity contribution in [2.45, 2.75) is 57.9 Å². The van der Waals surface area contributed by atoms with Crippen molar-refractivity contribution in [2.75, 3.05) is 12.3 Å². The molecule has 0 radical (unpaired) electrons. The molecule has 0 aliphatic rings. The van der Waals surface area contributed by atoms with E-state index in [1.807, 2.05) is 58.0 Å². The van der Waals surface area contributed by atoms with E-state index in [-0.39, 0.29) is 17.4 Å². The highest BCUT2D eigenvalue weighted by Gasteiger charge is 2.30. The Morgan fingerprint density at radius 2 is 1.68 bits per heavy atom. The van der Waals surface area contributed by atoms with Crippen LogP contribution in [-0.4, -0.2) is 40.6 Å². The van der Waals surface area contributed by atoms with Crippen molar-refractivity contribution >= 4 is 39.5 Å². The third-order valence-electron chi connectivity index (χ3n) is 4.78. The number of nitrogens with zero attached hydrogens (tertiary/aromatic N) is 1. The first kappa shape index (κ1) is 25.5. The molecule has 0 aromatic heterocycles. The predicted molar refractivity (Wildman–Crippen MR) is 134 cm³/mol. The van der Waals surface area contributed by atoms with Gasteiger partial charge in [0.15, 0.2) is 0 Å². The van der Waals surface area contributed by atoms with Crippen molar-refractivity contribution in [1.82, 2.24) is 10.2 Å². The van der Waals surface area contributed by atoms with Crippen molar-refractivity contribution in [1.29, 1.82) is 0 Å². The quantitative estimate of drug-likeness (QED) is 0.468. The van der Waals surface area contributed by atoms with Crippen LogP contribution in [0.5, 0.6) is 0 Å². The minimum Gasteiger partial charge on any atom is -0.350 e. The number of hydrogen-bond acceptors (Lipinski definition) is 3. The first-order valence-electron chi connectivity index (χ1n) is 10.7. The summed E-state index contributed by atoms with van der Waals surface area (Å²) in [6.45, 7) is 8.37. The van der Waals surface area contributed by atoms with Crippen LogP contribution in [0.15, 0.2) is 59.1 Å². The molecule has 2 rings (SSSR count). The van der Waals surface area contributed by atoms with Crippen LogP contribution < -0.4 is 5.32 Å². The topological polar surface area (TPSA) is 49.4 Å². The number of halogens is 1. The number of rotatable bonds is 10. The fourth-order valence-electron chi connectivity index (χ4n) is 3.27. The molecule has 0 fully saturated rings. The lowest BCUT2D eigenvalue weighted by atomic mass is 10.1. The molecule has 0 bridgehead atoms. The number of amides is 2. The summed E-state index contributed by atoms with van der Waals surface area (Å²) in [6, 6.07) is 17.8. The molecule has 31 heavy (non-hydrogen) atoms. The summed E-state index contributed by atoms with van der Waals surface area (Å²) < 4.78 is 1.04. The monoisotopic (exact) mass is 504 g/mol. The molecule has 2 aromatic carbocycles. The van der Waals surface area contributed by atoms with E-state index in [4.69, 9.17) is 0 Å². The van der Waals surface area contributed by atoms with E-state index in [9.17, 15) is 9.59 Å². The van der Waals surface area contributed by atoms with Crippen LogP contribution in [0.3, 0.4) is 0 Å². The van der Waals surface area contributed by atoms with Gasteiger partial charge in [0, 0.05) is 22.3 Å². The molecule has 0 saturated heterocycles. The van der Waals surface area contributed by atoms with Crippen LogP contribution >= 0.6 is 27.7 Å². The summed E-state index contributed by atoms with van der Waals surface area (Å²) in [4.78, 5) is 27.9. The number of hydrogen-bond donors (Lipinski definition) is 1. The second-order valence-electron chi connectivity index (χ2n) is 8.61. The summed E-state index contributed by atoms with van der Waals surface area (Å²) in [7, 11) is 0. The Morgan fingerprint density at radius 3 is 2.26 bits per heavy atom. The van der Waals surface area contributed by atoms with Crippen molar-refractivity contribution in [2.24, 2.45) is 0 Å². The summed E-state index contributed by atoms with van der Waals surface area (Å²) in [5, 5.41) is 3.05. The van der Waals surface area contributed by atoms with Gasteiger partial charge in [-0.05, 0) is 56.9 Å². The Balaban J connectivity index is 2.07. The first-order valence-corrected chi connectivity index (χ1v) is 12.6. The number of benzene rings is 2. The van der Waals surface area contributed by atoms with E-state index in [1.165, 1.54) is 5.56 Å². The lowest BCUT2D eigenvalue weighted by Crippen LogP contribution is -2.54. The standard InChI is InChI=1S/C25H33BrN2O2S/c1-5-22(24(30)27-25(2,3)4)28(16-15-19-9-7-6-8-10-19)23(29)18-31-17-20-11-13-21(26)14-12-20/h6-14,22H,5,15-18H2,1-4H3,(H,27,30)/t22-/m1/s1. The third-order valence-corrected chi connectivity index (χ3v) is 6.29. The maximum absolute atomic E-state index is 13.2. The summed E-state index contributed by atoms with van der Waals surface area (Å²) >= 11 is 5.03. The van der Waals surface area contributed by atoms with Crippen LogP contribution in [0.2, 0.25) is 0 Å². The molecule has 2 aromatic rings. The number of carbonyl (C=O) groups is 2. The molecule has 4 nitrogen and oxygen atoms in total. The van der Waals surface area contributed by atoms with Gasteiger partial charge in [0.25, 0.3) is 0 Å². The molecule has 1 atom stereocenters. The SMILES string of the molecule is CC[C@H](C(=O)NC(C)(C)C)N(CCc1ccccc1)C(=O)CSCc1ccc(Br)cc1. The molecule has 0 spiro atoms. The Kier molecular flexibility index (Phi) is 10.1. The van der Waals surface area contributed by atoms with Gasteiger partial charge in [-0.1, -0.05) is 65.3 Å². The zero-order valence-corrected chi connectivity index (χ0v) is 21.3. The summed E-state index contributed by atoms with van der Waals surface area (Å²) in [5.74, 6) is 1.03. The Bertz CT molecular complexity index is 835. The molecule has 0 aliphatic heterocycles. The van der Waals surface area contributed by atoms with Gasteiger partial charge in [-0.2, -0.15) is 0 Å². The Morgan fingerprint density at radius 1 is 1.03 bits per heavy atom. The van der Waals surface area contributed by atoms with Crippen LogP contribution in [0.4, 0.5) is 0 Å². The maximum atomic E-state index is 13.2. The highest BCUT2D eigenvalue weighted by molar-refractivity contribution is 9.10. The van der Waals surface area contributed by atoms with Crippen LogP contribution in [0, 0.1) is 0 Å². The lowest BCUT2D eigenvalue weighted by Gasteiger charge is -2.33. The molecule has 0 unspecified atom stereocenters. The highest BCUT2D eigenvalue weighted by atomic mass is 79.9. The van der Waals surface area contributed by atoms with Gasteiger partial charge < -0.3 is 10.2 Å². The van der Waals surface area contributed by atoms with Crippen LogP contribution in [-0.2, 0) is 21.8 Å². The first-order chi connectivity index (χ1) is 14.7. The number of carbonyl (C=O) groups excluding carboxylic acids is 2. The molecule has 2 amide bonds. The fraction of sp³-hybridized carbons (Fsp3) is 0.440. The smallest absolute Gasteiger partial charge is 0.243 e. The van der Waals surface area contributed by atoms with Crippen molar-refractivity contribution in [3.05, 3.63) is 70.2 Å². The molecule has 0 saturated carbocycles. The number of nitrogens with one attached hydrogen (secondary N) is 1. The molecular formula is C25H33BrN2O2S. The molecule has 1 N–H and O–H groups in total. The van der Waals surface area contributed by atoms with Gasteiger partial charge in [0.05, 0.1) is 5.75 Å². The van der Waals surface area contributed by atoms with E-state index in [2.05, 4.69) is 45.5 Å². The zero-order chi connectivity index (χ0) is 22.9. The van der Waals surface area contributed by atoms with Crippen LogP contribution in [0.1, 0.15) is 45.2 Å². The van der Waals surface area contributed by atoms with Gasteiger partial charge in [0.1, 0.15) is 6.04 Å². The van der Waals surface area contributed by atoms with E-state index in [0.717, 1.165) is 22.2 Å². The Hall–Kier alpha value is -1.79. The van der Waals surface area contributed by atoms with Gasteiger partial charge in [-0.3, -0.25) is 9.59 Å². The molecule has 168 valence electrons. The molecule has 6 heteroatoms. The van der Waals surface area contributed by atoms with Crippen molar-refractivity contribution < 1.29 is 9.59 Å². The van der Waals surface area contributed by atoms with Gasteiger partial charge >= 0.3 is 0 Å². The van der Waals surface area contributed by atoms with Gasteiger partial charge in [-0.25, -0.2) is 0 Å². The average molecular weight is 506 g/mol. The minimum atomic E-state index is -0.469. The van der Waals surface area contributed by atoms with E-state index >= 15 is 0 Å². The lowest BCUT2D eigenvalue weighted by molar-refractivity contribution is -0.139. The van der Waals surface area contributed by atoms with Crippen molar-refractivity contribution in [3.8, 4) is 0 Å². The van der Waals surface area contributed by atoms with E-state index < -0.39 is 6.04 Å².